The SMILES string of the molecule is CCc1cc(C)ccc1-c1[nH]c(C)cc1CS(=O)O. The second kappa shape index (κ2) is 5.72. The van der Waals surface area contributed by atoms with E-state index in [2.05, 4.69) is 37.0 Å². The highest BCUT2D eigenvalue weighted by molar-refractivity contribution is 7.78. The van der Waals surface area contributed by atoms with E-state index in [1.165, 1.54) is 11.1 Å². The molecule has 0 aliphatic carbocycles. The Morgan fingerprint density at radius 1 is 1.21 bits per heavy atom. The van der Waals surface area contributed by atoms with Crippen LogP contribution >= 0.6 is 0 Å². The lowest BCUT2D eigenvalue weighted by atomic mass is 9.98. The van der Waals surface area contributed by atoms with Gasteiger partial charge in [-0.25, -0.2) is 4.21 Å². The summed E-state index contributed by atoms with van der Waals surface area (Å²) in [7, 11) is 0. The standard InChI is InChI=1S/C15H19NO2S/c1-4-12-7-10(2)5-6-14(12)15-13(9-19(17)18)8-11(3)16-15/h5-8,16H,4,9H2,1-3H3,(H,17,18). The molecule has 0 fully saturated rings. The third-order valence-corrected chi connectivity index (χ3v) is 3.78. The highest BCUT2D eigenvalue weighted by Crippen LogP contribution is 2.29. The van der Waals surface area contributed by atoms with Crippen molar-refractivity contribution >= 4 is 11.1 Å². The number of aromatic nitrogens is 1. The van der Waals surface area contributed by atoms with Gasteiger partial charge < -0.3 is 9.54 Å². The second-order valence-electron chi connectivity index (χ2n) is 4.83. The zero-order chi connectivity index (χ0) is 14.0. The van der Waals surface area contributed by atoms with Gasteiger partial charge in [0.1, 0.15) is 0 Å². The first-order valence-electron chi connectivity index (χ1n) is 6.37. The summed E-state index contributed by atoms with van der Waals surface area (Å²) >= 11 is -1.82. The molecule has 0 radical (unpaired) electrons. The number of hydrogen-bond acceptors (Lipinski definition) is 1. The Labute approximate surface area is 116 Å². The van der Waals surface area contributed by atoms with Gasteiger partial charge in [0.25, 0.3) is 0 Å². The third-order valence-electron chi connectivity index (χ3n) is 3.22. The zero-order valence-corrected chi connectivity index (χ0v) is 12.3. The normalized spacial score (nSPS) is 12.6. The maximum absolute atomic E-state index is 11.1. The van der Waals surface area contributed by atoms with Crippen molar-refractivity contribution in [1.29, 1.82) is 0 Å². The van der Waals surface area contributed by atoms with Gasteiger partial charge in [0.2, 0.25) is 0 Å². The minimum atomic E-state index is -1.82. The lowest BCUT2D eigenvalue weighted by Gasteiger charge is -2.10. The van der Waals surface area contributed by atoms with Crippen LogP contribution in [0.5, 0.6) is 0 Å². The summed E-state index contributed by atoms with van der Waals surface area (Å²) in [6, 6.07) is 8.28. The van der Waals surface area contributed by atoms with E-state index >= 15 is 0 Å². The molecule has 0 spiro atoms. The molecule has 1 aromatic carbocycles. The van der Waals surface area contributed by atoms with Crippen molar-refractivity contribution in [3.63, 3.8) is 0 Å². The molecule has 19 heavy (non-hydrogen) atoms. The van der Waals surface area contributed by atoms with Crippen molar-refractivity contribution in [2.24, 2.45) is 0 Å². The highest BCUT2D eigenvalue weighted by Gasteiger charge is 2.13. The van der Waals surface area contributed by atoms with Gasteiger partial charge in [-0.1, -0.05) is 30.7 Å². The summed E-state index contributed by atoms with van der Waals surface area (Å²) in [6.45, 7) is 6.16. The van der Waals surface area contributed by atoms with E-state index in [4.69, 9.17) is 4.55 Å². The second-order valence-corrected chi connectivity index (χ2v) is 5.76. The van der Waals surface area contributed by atoms with E-state index in [1.54, 1.807) is 0 Å². The fourth-order valence-electron chi connectivity index (χ4n) is 2.39. The van der Waals surface area contributed by atoms with E-state index in [1.807, 2.05) is 13.0 Å². The highest BCUT2D eigenvalue weighted by atomic mass is 32.2. The maximum Gasteiger partial charge on any atom is 0.157 e. The number of hydrogen-bond donors (Lipinski definition) is 2. The summed E-state index contributed by atoms with van der Waals surface area (Å²) in [4.78, 5) is 3.31. The number of benzene rings is 1. The van der Waals surface area contributed by atoms with Gasteiger partial charge in [-0.2, -0.15) is 0 Å². The molecule has 0 bridgehead atoms. The van der Waals surface area contributed by atoms with Gasteiger partial charge in [-0.3, -0.25) is 0 Å². The fraction of sp³-hybridized carbons (Fsp3) is 0.333. The monoisotopic (exact) mass is 277 g/mol. The number of H-pyrrole nitrogens is 1. The zero-order valence-electron chi connectivity index (χ0n) is 11.5. The summed E-state index contributed by atoms with van der Waals surface area (Å²) in [5.41, 5.74) is 6.50. The Balaban J connectivity index is 2.55. The molecule has 1 unspecified atom stereocenters. The lowest BCUT2D eigenvalue weighted by Crippen LogP contribution is -1.96. The van der Waals surface area contributed by atoms with Gasteiger partial charge in [-0.15, -0.1) is 0 Å². The number of aryl methyl sites for hydroxylation is 3. The van der Waals surface area contributed by atoms with Crippen LogP contribution in [0.4, 0.5) is 0 Å². The van der Waals surface area contributed by atoms with Gasteiger partial charge in [-0.05, 0) is 37.5 Å². The van der Waals surface area contributed by atoms with Crippen LogP contribution in [0, 0.1) is 13.8 Å². The Kier molecular flexibility index (Phi) is 4.22. The van der Waals surface area contributed by atoms with Crippen molar-refractivity contribution in [1.82, 2.24) is 4.98 Å². The van der Waals surface area contributed by atoms with Crippen LogP contribution in [0.15, 0.2) is 24.3 Å². The smallest absolute Gasteiger partial charge is 0.157 e. The molecular weight excluding hydrogens is 258 g/mol. The summed E-state index contributed by atoms with van der Waals surface area (Å²) in [5.74, 6) is 0.163. The van der Waals surface area contributed by atoms with E-state index in [-0.39, 0.29) is 5.75 Å². The van der Waals surface area contributed by atoms with Crippen LogP contribution in [0.3, 0.4) is 0 Å². The maximum atomic E-state index is 11.1. The van der Waals surface area contributed by atoms with E-state index in [0.29, 0.717) is 0 Å². The predicted octanol–water partition coefficient (Wildman–Crippen LogP) is 3.58. The molecule has 1 aromatic heterocycles. The quantitative estimate of drug-likeness (QED) is 0.839. The molecule has 2 N–H and O–H groups in total. The summed E-state index contributed by atoms with van der Waals surface area (Å²) in [5, 5.41) is 0. The average Bonchev–Trinajstić information content (AvgIpc) is 2.69. The van der Waals surface area contributed by atoms with Crippen molar-refractivity contribution in [2.75, 3.05) is 0 Å². The first-order valence-corrected chi connectivity index (χ1v) is 7.64. The summed E-state index contributed by atoms with van der Waals surface area (Å²) < 4.78 is 20.2. The van der Waals surface area contributed by atoms with Crippen LogP contribution in [-0.2, 0) is 23.3 Å². The topological polar surface area (TPSA) is 53.1 Å². The molecule has 0 saturated carbocycles. The molecule has 0 aliphatic rings. The lowest BCUT2D eigenvalue weighted by molar-refractivity contribution is 0.563. The van der Waals surface area contributed by atoms with Crippen LogP contribution in [0.25, 0.3) is 11.3 Å². The summed E-state index contributed by atoms with van der Waals surface area (Å²) in [6.07, 6.45) is 0.941. The molecule has 1 heterocycles. The van der Waals surface area contributed by atoms with Gasteiger partial charge in [0, 0.05) is 11.3 Å². The third kappa shape index (κ3) is 3.14. The minimum Gasteiger partial charge on any atom is -0.358 e. The van der Waals surface area contributed by atoms with E-state index in [0.717, 1.165) is 28.9 Å². The van der Waals surface area contributed by atoms with Crippen molar-refractivity contribution < 1.29 is 8.76 Å². The molecule has 102 valence electrons. The Morgan fingerprint density at radius 2 is 1.95 bits per heavy atom. The van der Waals surface area contributed by atoms with E-state index < -0.39 is 11.1 Å². The fourth-order valence-corrected chi connectivity index (χ4v) is 2.89. The Morgan fingerprint density at radius 3 is 2.58 bits per heavy atom. The Bertz CT molecular complexity index is 617. The van der Waals surface area contributed by atoms with Crippen LogP contribution in [0.2, 0.25) is 0 Å². The largest absolute Gasteiger partial charge is 0.358 e. The Hall–Kier alpha value is -1.39. The van der Waals surface area contributed by atoms with Crippen molar-refractivity contribution in [3.05, 3.63) is 46.6 Å². The minimum absolute atomic E-state index is 0.163. The van der Waals surface area contributed by atoms with Crippen LogP contribution in [-0.4, -0.2) is 13.7 Å². The molecule has 3 nitrogen and oxygen atoms in total. The average molecular weight is 277 g/mol. The molecule has 0 aliphatic heterocycles. The van der Waals surface area contributed by atoms with Crippen molar-refractivity contribution in [3.8, 4) is 11.3 Å². The van der Waals surface area contributed by atoms with Gasteiger partial charge >= 0.3 is 0 Å². The first-order chi connectivity index (χ1) is 9.01. The number of aromatic amines is 1. The molecule has 2 rings (SSSR count). The number of rotatable bonds is 4. The molecular formula is C15H19NO2S. The molecule has 2 aromatic rings. The van der Waals surface area contributed by atoms with E-state index in [9.17, 15) is 4.21 Å². The molecule has 4 heteroatoms. The van der Waals surface area contributed by atoms with Crippen molar-refractivity contribution in [2.45, 2.75) is 32.9 Å². The molecule has 0 saturated heterocycles. The van der Waals surface area contributed by atoms with Gasteiger partial charge in [0.15, 0.2) is 11.1 Å². The predicted molar refractivity (Wildman–Crippen MR) is 79.6 cm³/mol. The first kappa shape index (κ1) is 14.0. The van der Waals surface area contributed by atoms with Crippen LogP contribution < -0.4 is 0 Å². The number of nitrogens with one attached hydrogen (secondary N) is 1. The van der Waals surface area contributed by atoms with Crippen LogP contribution in [0.1, 0.15) is 29.3 Å². The van der Waals surface area contributed by atoms with Gasteiger partial charge in [0.05, 0.1) is 11.4 Å². The molecule has 1 atom stereocenters. The molecule has 0 amide bonds.